The largest absolute Gasteiger partial charge is 0.466 e. The molecule has 1 aromatic carbocycles. The topological polar surface area (TPSA) is 54.0 Å². The fraction of sp³-hybridized carbons (Fsp3) is 0.353. The van der Waals surface area contributed by atoms with Crippen LogP contribution in [0.25, 0.3) is 6.08 Å². The van der Waals surface area contributed by atoms with Gasteiger partial charge in [-0.25, -0.2) is 4.79 Å². The third-order valence-electron chi connectivity index (χ3n) is 3.52. The normalized spacial score (nSPS) is 21.2. The Kier molecular flexibility index (Phi) is 4.75. The molecule has 1 heterocycles. The number of carbonyl (C=O) groups is 1. The van der Waals surface area contributed by atoms with E-state index in [0.29, 0.717) is 6.42 Å². The predicted molar refractivity (Wildman–Crippen MR) is 81.3 cm³/mol. The number of ether oxygens (including phenoxy) is 4. The number of rotatable bonds is 5. The average Bonchev–Trinajstić information content (AvgIpc) is 2.95. The molecule has 0 spiro atoms. The zero-order valence-electron chi connectivity index (χ0n) is 13.2. The van der Waals surface area contributed by atoms with Gasteiger partial charge in [0.15, 0.2) is 0 Å². The molecule has 0 aromatic heterocycles. The Morgan fingerprint density at radius 2 is 1.91 bits per heavy atom. The Morgan fingerprint density at radius 1 is 1.23 bits per heavy atom. The van der Waals surface area contributed by atoms with Crippen LogP contribution in [0, 0.1) is 0 Å². The number of hydrogen-bond acceptors (Lipinski definition) is 5. The molecular formula is C17H20O5. The first-order chi connectivity index (χ1) is 10.6. The van der Waals surface area contributed by atoms with Crippen molar-refractivity contribution in [1.29, 1.82) is 0 Å². The van der Waals surface area contributed by atoms with Crippen LogP contribution in [0.5, 0.6) is 0 Å². The summed E-state index contributed by atoms with van der Waals surface area (Å²) in [5, 5.41) is 0. The van der Waals surface area contributed by atoms with Crippen molar-refractivity contribution in [3.05, 3.63) is 53.2 Å². The molecule has 0 N–H and O–H groups in total. The van der Waals surface area contributed by atoms with Gasteiger partial charge in [0, 0.05) is 12.0 Å². The lowest BCUT2D eigenvalue weighted by atomic mass is 10.0. The second-order valence-corrected chi connectivity index (χ2v) is 4.86. The van der Waals surface area contributed by atoms with Crippen molar-refractivity contribution in [1.82, 2.24) is 0 Å². The fourth-order valence-corrected chi connectivity index (χ4v) is 2.27. The summed E-state index contributed by atoms with van der Waals surface area (Å²) >= 11 is 0. The predicted octanol–water partition coefficient (Wildman–Crippen LogP) is 3.23. The quantitative estimate of drug-likeness (QED) is 0.782. The van der Waals surface area contributed by atoms with Crippen molar-refractivity contribution in [2.24, 2.45) is 0 Å². The molecule has 0 saturated heterocycles. The van der Waals surface area contributed by atoms with Gasteiger partial charge >= 0.3 is 11.9 Å². The van der Waals surface area contributed by atoms with E-state index in [1.165, 1.54) is 14.2 Å². The first-order valence-electron chi connectivity index (χ1n) is 7.04. The highest BCUT2D eigenvalue weighted by atomic mass is 16.8. The second kappa shape index (κ2) is 6.56. The van der Waals surface area contributed by atoms with Crippen LogP contribution in [0.3, 0.4) is 0 Å². The minimum atomic E-state index is -1.06. The van der Waals surface area contributed by atoms with E-state index in [0.717, 1.165) is 11.1 Å². The number of carbonyl (C=O) groups excluding carboxylic acids is 1. The molecule has 0 bridgehead atoms. The monoisotopic (exact) mass is 304 g/mol. The summed E-state index contributed by atoms with van der Waals surface area (Å²) < 4.78 is 21.4. The first-order valence-corrected chi connectivity index (χ1v) is 7.04. The SMILES string of the molecule is CCC1(/C(C)=C/c2ccccc2)OC(OC)=C(C(=O)OC)O1. The van der Waals surface area contributed by atoms with E-state index in [1.807, 2.05) is 50.3 Å². The molecule has 118 valence electrons. The molecule has 0 amide bonds. The van der Waals surface area contributed by atoms with Crippen molar-refractivity contribution >= 4 is 12.0 Å². The maximum Gasteiger partial charge on any atom is 0.381 e. The van der Waals surface area contributed by atoms with E-state index in [4.69, 9.17) is 18.9 Å². The molecule has 2 rings (SSSR count). The van der Waals surface area contributed by atoms with Crippen molar-refractivity contribution < 1.29 is 23.7 Å². The maximum atomic E-state index is 11.8. The van der Waals surface area contributed by atoms with Gasteiger partial charge in [-0.2, -0.15) is 0 Å². The second-order valence-electron chi connectivity index (χ2n) is 4.86. The number of esters is 1. The summed E-state index contributed by atoms with van der Waals surface area (Å²) in [5.41, 5.74) is 1.85. The Morgan fingerprint density at radius 3 is 2.45 bits per heavy atom. The van der Waals surface area contributed by atoms with E-state index in [2.05, 4.69) is 0 Å². The Balaban J connectivity index is 2.32. The van der Waals surface area contributed by atoms with Crippen LogP contribution in [-0.4, -0.2) is 26.0 Å². The minimum Gasteiger partial charge on any atom is -0.466 e. The van der Waals surface area contributed by atoms with Crippen LogP contribution in [0.4, 0.5) is 0 Å². The summed E-state index contributed by atoms with van der Waals surface area (Å²) in [5.74, 6) is -1.70. The molecule has 22 heavy (non-hydrogen) atoms. The van der Waals surface area contributed by atoms with Gasteiger partial charge in [0.25, 0.3) is 11.5 Å². The molecule has 1 atom stereocenters. The number of methoxy groups -OCH3 is 2. The maximum absolute atomic E-state index is 11.8. The zero-order valence-corrected chi connectivity index (χ0v) is 13.2. The van der Waals surface area contributed by atoms with E-state index in [-0.39, 0.29) is 11.7 Å². The molecule has 1 aliphatic rings. The molecule has 1 aromatic rings. The fourth-order valence-electron chi connectivity index (χ4n) is 2.27. The zero-order chi connectivity index (χ0) is 16.2. The van der Waals surface area contributed by atoms with Gasteiger partial charge in [-0.05, 0) is 18.6 Å². The van der Waals surface area contributed by atoms with Gasteiger partial charge in [0.1, 0.15) is 0 Å². The molecule has 5 nitrogen and oxygen atoms in total. The highest BCUT2D eigenvalue weighted by Crippen LogP contribution is 2.40. The lowest BCUT2D eigenvalue weighted by molar-refractivity contribution is -0.158. The van der Waals surface area contributed by atoms with Crippen molar-refractivity contribution in [2.75, 3.05) is 14.2 Å². The first kappa shape index (κ1) is 15.9. The van der Waals surface area contributed by atoms with E-state index >= 15 is 0 Å². The van der Waals surface area contributed by atoms with Crippen LogP contribution < -0.4 is 0 Å². The van der Waals surface area contributed by atoms with E-state index in [9.17, 15) is 4.79 Å². The van der Waals surface area contributed by atoms with Gasteiger partial charge in [0.2, 0.25) is 0 Å². The molecule has 0 aliphatic carbocycles. The summed E-state index contributed by atoms with van der Waals surface area (Å²) in [6, 6.07) is 9.81. The van der Waals surface area contributed by atoms with Crippen molar-refractivity contribution in [3.8, 4) is 0 Å². The van der Waals surface area contributed by atoms with Crippen molar-refractivity contribution in [3.63, 3.8) is 0 Å². The Bertz CT molecular complexity index is 603. The van der Waals surface area contributed by atoms with Crippen LogP contribution in [0.2, 0.25) is 0 Å². The van der Waals surface area contributed by atoms with Gasteiger partial charge in [-0.1, -0.05) is 37.3 Å². The molecule has 0 saturated carbocycles. The lowest BCUT2D eigenvalue weighted by Gasteiger charge is -2.28. The van der Waals surface area contributed by atoms with Gasteiger partial charge in [0.05, 0.1) is 14.2 Å². The lowest BCUT2D eigenvalue weighted by Crippen LogP contribution is -2.32. The standard InChI is InChI=1S/C17H20O5/c1-5-17(12(2)11-13-9-7-6-8-10-13)21-14(15(18)19-3)16(20-4)22-17/h6-11H,5H2,1-4H3/b12-11+. The molecule has 0 radical (unpaired) electrons. The van der Waals surface area contributed by atoms with Crippen LogP contribution in [0.1, 0.15) is 25.8 Å². The third-order valence-corrected chi connectivity index (χ3v) is 3.52. The van der Waals surface area contributed by atoms with Crippen LogP contribution >= 0.6 is 0 Å². The van der Waals surface area contributed by atoms with Gasteiger partial charge in [-0.3, -0.25) is 0 Å². The number of benzene rings is 1. The van der Waals surface area contributed by atoms with Gasteiger partial charge < -0.3 is 18.9 Å². The molecular weight excluding hydrogens is 284 g/mol. The Hall–Kier alpha value is -2.43. The smallest absolute Gasteiger partial charge is 0.381 e. The van der Waals surface area contributed by atoms with Crippen LogP contribution in [-0.2, 0) is 23.7 Å². The molecule has 5 heteroatoms. The molecule has 1 unspecified atom stereocenters. The highest BCUT2D eigenvalue weighted by molar-refractivity contribution is 5.87. The summed E-state index contributed by atoms with van der Waals surface area (Å²) in [6.45, 7) is 3.81. The number of hydrogen-bond donors (Lipinski definition) is 0. The van der Waals surface area contributed by atoms with Gasteiger partial charge in [-0.15, -0.1) is 0 Å². The molecule has 0 fully saturated rings. The van der Waals surface area contributed by atoms with Crippen molar-refractivity contribution in [2.45, 2.75) is 26.1 Å². The third kappa shape index (κ3) is 2.93. The summed E-state index contributed by atoms with van der Waals surface area (Å²) in [6.07, 6.45) is 2.46. The summed E-state index contributed by atoms with van der Waals surface area (Å²) in [7, 11) is 2.70. The Labute approximate surface area is 130 Å². The average molecular weight is 304 g/mol. The highest BCUT2D eigenvalue weighted by Gasteiger charge is 2.47. The van der Waals surface area contributed by atoms with Crippen LogP contribution in [0.15, 0.2) is 47.6 Å². The van der Waals surface area contributed by atoms with E-state index in [1.54, 1.807) is 0 Å². The molecule has 1 aliphatic heterocycles. The summed E-state index contributed by atoms with van der Waals surface area (Å²) in [4.78, 5) is 11.8. The van der Waals surface area contributed by atoms with E-state index < -0.39 is 11.8 Å². The minimum absolute atomic E-state index is 0.0366.